The van der Waals surface area contributed by atoms with E-state index < -0.39 is 0 Å². The Bertz CT molecular complexity index is 827. The number of thioether (sulfide) groups is 1. The van der Waals surface area contributed by atoms with Gasteiger partial charge in [-0.15, -0.1) is 11.8 Å². The summed E-state index contributed by atoms with van der Waals surface area (Å²) >= 11 is 5.21. The lowest BCUT2D eigenvalue weighted by Gasteiger charge is -2.07. The number of fused-ring (bicyclic) bond motifs is 1. The minimum absolute atomic E-state index is 0.311. The molecule has 0 N–H and O–H groups in total. The molecule has 22 heavy (non-hydrogen) atoms. The van der Waals surface area contributed by atoms with Gasteiger partial charge in [0, 0.05) is 21.7 Å². The van der Waals surface area contributed by atoms with Crippen molar-refractivity contribution in [2.45, 2.75) is 11.3 Å². The molecule has 2 aromatic carbocycles. The molecule has 2 nitrogen and oxygen atoms in total. The lowest BCUT2D eigenvalue weighted by molar-refractivity contribution is 0.561. The van der Waals surface area contributed by atoms with Crippen molar-refractivity contribution in [1.82, 2.24) is 0 Å². The van der Waals surface area contributed by atoms with Gasteiger partial charge in [-0.3, -0.25) is 0 Å². The highest BCUT2D eigenvalue weighted by Crippen LogP contribution is 2.30. The van der Waals surface area contributed by atoms with Gasteiger partial charge in [0.1, 0.15) is 5.58 Å². The van der Waals surface area contributed by atoms with E-state index in [0.29, 0.717) is 5.58 Å². The second-order valence-electron chi connectivity index (χ2n) is 4.89. The normalized spacial score (nSPS) is 11.0. The molecular weight excluding hydrogens is 360 g/mol. The van der Waals surface area contributed by atoms with Crippen molar-refractivity contribution in [2.75, 3.05) is 11.1 Å². The number of rotatable bonds is 5. The summed E-state index contributed by atoms with van der Waals surface area (Å²) in [5, 5.41) is 1.97. The van der Waals surface area contributed by atoms with Gasteiger partial charge in [0.2, 0.25) is 0 Å². The molecule has 112 valence electrons. The van der Waals surface area contributed by atoms with Gasteiger partial charge in [0.15, 0.2) is 0 Å². The Morgan fingerprint density at radius 2 is 1.86 bits per heavy atom. The van der Waals surface area contributed by atoms with E-state index in [1.54, 1.807) is 17.8 Å². The third-order valence-electron chi connectivity index (χ3n) is 3.35. The zero-order chi connectivity index (χ0) is 15.4. The summed E-state index contributed by atoms with van der Waals surface area (Å²) in [6, 6.07) is 17.6. The third-order valence-corrected chi connectivity index (χ3v) is 4.99. The van der Waals surface area contributed by atoms with E-state index in [2.05, 4.69) is 22.0 Å². The van der Waals surface area contributed by atoms with Gasteiger partial charge in [-0.25, -0.2) is 4.79 Å². The predicted molar refractivity (Wildman–Crippen MR) is 97.1 cm³/mol. The van der Waals surface area contributed by atoms with Gasteiger partial charge < -0.3 is 4.42 Å². The molecule has 0 amide bonds. The Labute approximate surface area is 141 Å². The lowest BCUT2D eigenvalue weighted by Crippen LogP contribution is -1.98. The maximum atomic E-state index is 11.9. The smallest absolute Gasteiger partial charge is 0.336 e. The quantitative estimate of drug-likeness (QED) is 0.261. The summed E-state index contributed by atoms with van der Waals surface area (Å²) in [5.74, 6) is 1.04. The molecule has 0 spiro atoms. The maximum absolute atomic E-state index is 11.9. The van der Waals surface area contributed by atoms with Gasteiger partial charge in [0.25, 0.3) is 0 Å². The maximum Gasteiger partial charge on any atom is 0.336 e. The van der Waals surface area contributed by atoms with Crippen molar-refractivity contribution in [3.05, 3.63) is 65.0 Å². The molecule has 0 unspecified atom stereocenters. The minimum Gasteiger partial charge on any atom is -0.423 e. The Balaban J connectivity index is 2.06. The topological polar surface area (TPSA) is 30.2 Å². The highest BCUT2D eigenvalue weighted by Gasteiger charge is 2.08. The van der Waals surface area contributed by atoms with Gasteiger partial charge in [-0.2, -0.15) is 0 Å². The second kappa shape index (κ2) is 7.16. The fraction of sp³-hybridized carbons (Fsp3) is 0.167. The van der Waals surface area contributed by atoms with Crippen LogP contribution >= 0.6 is 27.7 Å². The van der Waals surface area contributed by atoms with Crippen LogP contribution in [-0.2, 0) is 0 Å². The van der Waals surface area contributed by atoms with Crippen LogP contribution in [0.5, 0.6) is 0 Å². The molecule has 0 aliphatic rings. The van der Waals surface area contributed by atoms with Crippen LogP contribution in [0, 0.1) is 0 Å². The summed E-state index contributed by atoms with van der Waals surface area (Å²) in [4.78, 5) is 13.0. The average molecular weight is 375 g/mol. The van der Waals surface area contributed by atoms with Crippen LogP contribution in [0.2, 0.25) is 0 Å². The van der Waals surface area contributed by atoms with E-state index in [-0.39, 0.29) is 5.63 Å². The molecule has 1 aromatic heterocycles. The summed E-state index contributed by atoms with van der Waals surface area (Å²) < 4.78 is 5.39. The molecular formula is C18H15BrO2S. The number of alkyl halides is 1. The molecule has 0 bridgehead atoms. The van der Waals surface area contributed by atoms with E-state index in [1.807, 2.05) is 42.5 Å². The van der Waals surface area contributed by atoms with Crippen molar-refractivity contribution < 1.29 is 4.42 Å². The molecule has 0 aliphatic heterocycles. The molecule has 3 aromatic rings. The van der Waals surface area contributed by atoms with Gasteiger partial charge in [-0.1, -0.05) is 46.3 Å². The van der Waals surface area contributed by atoms with Crippen LogP contribution in [0.3, 0.4) is 0 Å². The molecule has 4 heteroatoms. The third kappa shape index (κ3) is 3.45. The van der Waals surface area contributed by atoms with Gasteiger partial charge in [-0.05, 0) is 41.5 Å². The van der Waals surface area contributed by atoms with Crippen LogP contribution in [0.15, 0.2) is 68.7 Å². The Hall–Kier alpha value is -1.52. The minimum atomic E-state index is -0.311. The Morgan fingerprint density at radius 3 is 2.64 bits per heavy atom. The number of hydrogen-bond acceptors (Lipinski definition) is 3. The first-order valence-electron chi connectivity index (χ1n) is 7.10. The SMILES string of the molecule is O=c1cc(-c2ccccc2)c2ccc(SCCCBr)cc2o1. The summed E-state index contributed by atoms with van der Waals surface area (Å²) in [7, 11) is 0. The zero-order valence-corrected chi connectivity index (χ0v) is 14.3. The zero-order valence-electron chi connectivity index (χ0n) is 11.9. The first-order chi connectivity index (χ1) is 10.8. The first kappa shape index (κ1) is 15.4. The monoisotopic (exact) mass is 374 g/mol. The van der Waals surface area contributed by atoms with E-state index in [1.165, 1.54) is 0 Å². The average Bonchev–Trinajstić information content (AvgIpc) is 2.55. The van der Waals surface area contributed by atoms with Crippen molar-refractivity contribution in [1.29, 1.82) is 0 Å². The molecule has 0 radical (unpaired) electrons. The van der Waals surface area contributed by atoms with Gasteiger partial charge in [0.05, 0.1) is 0 Å². The number of benzene rings is 2. The lowest BCUT2D eigenvalue weighted by atomic mass is 10.0. The highest BCUT2D eigenvalue weighted by molar-refractivity contribution is 9.09. The van der Waals surface area contributed by atoms with Crippen LogP contribution in [0.4, 0.5) is 0 Å². The van der Waals surface area contributed by atoms with Crippen LogP contribution in [0.25, 0.3) is 22.1 Å². The molecule has 0 fully saturated rings. The van der Waals surface area contributed by atoms with E-state index in [4.69, 9.17) is 4.42 Å². The van der Waals surface area contributed by atoms with Crippen molar-refractivity contribution in [3.8, 4) is 11.1 Å². The summed E-state index contributed by atoms with van der Waals surface area (Å²) in [6.45, 7) is 0. The van der Waals surface area contributed by atoms with E-state index in [0.717, 1.165) is 38.9 Å². The number of hydrogen-bond donors (Lipinski definition) is 0. The molecule has 0 aliphatic carbocycles. The van der Waals surface area contributed by atoms with Crippen LogP contribution in [-0.4, -0.2) is 11.1 Å². The van der Waals surface area contributed by atoms with Crippen molar-refractivity contribution in [3.63, 3.8) is 0 Å². The highest BCUT2D eigenvalue weighted by atomic mass is 79.9. The molecule has 0 saturated heterocycles. The standard InChI is InChI=1S/C18H15BrO2S/c19-9-4-10-22-14-7-8-15-16(13-5-2-1-3-6-13)12-18(20)21-17(15)11-14/h1-3,5-8,11-12H,4,9-10H2. The summed E-state index contributed by atoms with van der Waals surface area (Å²) in [5.41, 5.74) is 2.29. The van der Waals surface area contributed by atoms with Crippen molar-refractivity contribution in [2.24, 2.45) is 0 Å². The largest absolute Gasteiger partial charge is 0.423 e. The predicted octanol–water partition coefficient (Wildman–Crippen LogP) is 5.34. The molecule has 1 heterocycles. The van der Waals surface area contributed by atoms with E-state index >= 15 is 0 Å². The molecule has 3 rings (SSSR count). The fourth-order valence-electron chi connectivity index (χ4n) is 2.33. The summed E-state index contributed by atoms with van der Waals surface area (Å²) in [6.07, 6.45) is 1.11. The first-order valence-corrected chi connectivity index (χ1v) is 9.21. The molecule has 0 saturated carbocycles. The Kier molecular flexibility index (Phi) is 5.01. The number of halogens is 1. The Morgan fingerprint density at radius 1 is 1.05 bits per heavy atom. The van der Waals surface area contributed by atoms with E-state index in [9.17, 15) is 4.79 Å². The second-order valence-corrected chi connectivity index (χ2v) is 6.86. The van der Waals surface area contributed by atoms with Crippen LogP contribution in [0.1, 0.15) is 6.42 Å². The van der Waals surface area contributed by atoms with Gasteiger partial charge >= 0.3 is 5.63 Å². The fourth-order valence-corrected chi connectivity index (χ4v) is 3.86. The van der Waals surface area contributed by atoms with Crippen LogP contribution < -0.4 is 5.63 Å². The van der Waals surface area contributed by atoms with Crippen molar-refractivity contribution >= 4 is 38.7 Å². The molecule has 0 atom stereocenters.